The van der Waals surface area contributed by atoms with Crippen LogP contribution >= 0.6 is 38.6 Å². The summed E-state index contributed by atoms with van der Waals surface area (Å²) in [4.78, 5) is 7.01. The highest BCUT2D eigenvalue weighted by Crippen LogP contribution is 2.40. The number of nitriles is 1. The molecule has 0 spiro atoms. The van der Waals surface area contributed by atoms with Gasteiger partial charge in [0.25, 0.3) is 0 Å². The van der Waals surface area contributed by atoms with Gasteiger partial charge in [0.1, 0.15) is 11.1 Å². The summed E-state index contributed by atoms with van der Waals surface area (Å²) in [5.41, 5.74) is 2.04. The van der Waals surface area contributed by atoms with Gasteiger partial charge in [-0.1, -0.05) is 6.92 Å². The van der Waals surface area contributed by atoms with E-state index in [2.05, 4.69) is 33.9 Å². The molecule has 0 amide bonds. The summed E-state index contributed by atoms with van der Waals surface area (Å²) in [6.45, 7) is 2.28. The molecule has 2 aromatic heterocycles. The van der Waals surface area contributed by atoms with Crippen molar-refractivity contribution in [2.24, 2.45) is 10.9 Å². The van der Waals surface area contributed by atoms with E-state index in [0.29, 0.717) is 0 Å². The Morgan fingerprint density at radius 3 is 3.10 bits per heavy atom. The summed E-state index contributed by atoms with van der Waals surface area (Å²) in [5.74, 6) is 0.720. The standard InChI is InChI=1S/C15H13BrN2S2/c1-9-2-3-12-13(6-17)15(20-14(12)4-9)18-7-11-5-10(16)8-19-11/h5,7-9H,2-4H2,1H3/t9-/m0/s1. The summed E-state index contributed by atoms with van der Waals surface area (Å²) in [7, 11) is 0. The lowest BCUT2D eigenvalue weighted by Crippen LogP contribution is -2.09. The first-order chi connectivity index (χ1) is 9.67. The van der Waals surface area contributed by atoms with E-state index in [0.717, 1.165) is 38.7 Å². The van der Waals surface area contributed by atoms with E-state index < -0.39 is 0 Å². The van der Waals surface area contributed by atoms with E-state index in [1.54, 1.807) is 22.7 Å². The van der Waals surface area contributed by atoms with Gasteiger partial charge in [0.05, 0.1) is 5.56 Å². The lowest BCUT2D eigenvalue weighted by atomic mass is 9.89. The van der Waals surface area contributed by atoms with Gasteiger partial charge in [-0.2, -0.15) is 5.26 Å². The van der Waals surface area contributed by atoms with Crippen molar-refractivity contribution in [2.45, 2.75) is 26.2 Å². The third-order valence-corrected chi connectivity index (χ3v) is 6.29. The zero-order chi connectivity index (χ0) is 14.1. The van der Waals surface area contributed by atoms with Crippen LogP contribution in [-0.2, 0) is 12.8 Å². The van der Waals surface area contributed by atoms with Crippen LogP contribution in [-0.4, -0.2) is 6.21 Å². The average molecular weight is 365 g/mol. The fourth-order valence-electron chi connectivity index (χ4n) is 2.46. The summed E-state index contributed by atoms with van der Waals surface area (Å²) in [6.07, 6.45) is 5.15. The minimum Gasteiger partial charge on any atom is -0.243 e. The molecule has 2 heterocycles. The Kier molecular flexibility index (Phi) is 4.06. The average Bonchev–Trinajstić information content (AvgIpc) is 2.98. The molecule has 2 nitrogen and oxygen atoms in total. The molecule has 1 atom stereocenters. The second kappa shape index (κ2) is 5.80. The largest absolute Gasteiger partial charge is 0.243 e. The molecule has 0 unspecified atom stereocenters. The molecule has 102 valence electrons. The lowest BCUT2D eigenvalue weighted by Gasteiger charge is -2.17. The van der Waals surface area contributed by atoms with E-state index in [9.17, 15) is 5.26 Å². The summed E-state index contributed by atoms with van der Waals surface area (Å²) >= 11 is 6.77. The second-order valence-corrected chi connectivity index (χ2v) is 8.01. The minimum absolute atomic E-state index is 0.720. The van der Waals surface area contributed by atoms with E-state index in [1.807, 2.05) is 17.7 Å². The summed E-state index contributed by atoms with van der Waals surface area (Å²) < 4.78 is 1.07. The molecule has 1 aliphatic rings. The normalized spacial score (nSPS) is 18.1. The predicted octanol–water partition coefficient (Wildman–Crippen LogP) is 5.32. The van der Waals surface area contributed by atoms with Crippen molar-refractivity contribution < 1.29 is 0 Å². The van der Waals surface area contributed by atoms with E-state index >= 15 is 0 Å². The van der Waals surface area contributed by atoms with Gasteiger partial charge in [0.2, 0.25) is 0 Å². The van der Waals surface area contributed by atoms with Crippen LogP contribution in [0, 0.1) is 17.2 Å². The smallest absolute Gasteiger partial charge is 0.134 e. The van der Waals surface area contributed by atoms with Gasteiger partial charge in [0, 0.05) is 25.8 Å². The molecule has 20 heavy (non-hydrogen) atoms. The first-order valence-corrected chi connectivity index (χ1v) is 8.99. The van der Waals surface area contributed by atoms with Crippen LogP contribution in [0.1, 0.15) is 34.2 Å². The van der Waals surface area contributed by atoms with Crippen LogP contribution in [0.2, 0.25) is 0 Å². The van der Waals surface area contributed by atoms with Crippen LogP contribution in [0.3, 0.4) is 0 Å². The van der Waals surface area contributed by atoms with Crippen LogP contribution in [0.25, 0.3) is 0 Å². The number of thiophene rings is 2. The van der Waals surface area contributed by atoms with Gasteiger partial charge >= 0.3 is 0 Å². The molecular weight excluding hydrogens is 352 g/mol. The SMILES string of the molecule is C[C@H]1CCc2c(sc(N=Cc3cc(Br)cs3)c2C#N)C1. The Morgan fingerprint density at radius 2 is 2.40 bits per heavy atom. The number of aliphatic imine (C=N–C) groups is 1. The van der Waals surface area contributed by atoms with Crippen molar-refractivity contribution in [1.29, 1.82) is 5.26 Å². The van der Waals surface area contributed by atoms with E-state index in [-0.39, 0.29) is 0 Å². The zero-order valence-corrected chi connectivity index (χ0v) is 14.2. The predicted molar refractivity (Wildman–Crippen MR) is 89.5 cm³/mol. The third-order valence-electron chi connectivity index (χ3n) is 3.50. The van der Waals surface area contributed by atoms with Crippen molar-refractivity contribution >= 4 is 49.8 Å². The Bertz CT molecular complexity index is 706. The van der Waals surface area contributed by atoms with Crippen molar-refractivity contribution in [2.75, 3.05) is 0 Å². The van der Waals surface area contributed by atoms with E-state index in [1.165, 1.54) is 16.9 Å². The maximum atomic E-state index is 9.41. The number of hydrogen-bond donors (Lipinski definition) is 0. The fraction of sp³-hybridized carbons (Fsp3) is 0.333. The molecule has 2 aromatic rings. The van der Waals surface area contributed by atoms with Gasteiger partial charge < -0.3 is 0 Å². The van der Waals surface area contributed by atoms with Gasteiger partial charge in [-0.05, 0) is 52.7 Å². The highest BCUT2D eigenvalue weighted by Gasteiger charge is 2.23. The number of hydrogen-bond acceptors (Lipinski definition) is 4. The molecule has 0 saturated carbocycles. The minimum atomic E-state index is 0.720. The quantitative estimate of drug-likeness (QED) is 0.664. The summed E-state index contributed by atoms with van der Waals surface area (Å²) in [6, 6.07) is 4.39. The van der Waals surface area contributed by atoms with Crippen molar-refractivity contribution in [3.8, 4) is 6.07 Å². The van der Waals surface area contributed by atoms with Gasteiger partial charge in [-0.25, -0.2) is 4.99 Å². The fourth-order valence-corrected chi connectivity index (χ4v) is 5.07. The van der Waals surface area contributed by atoms with Crippen LogP contribution in [0.5, 0.6) is 0 Å². The van der Waals surface area contributed by atoms with Gasteiger partial charge in [-0.3, -0.25) is 0 Å². The molecule has 0 N–H and O–H groups in total. The molecule has 0 radical (unpaired) electrons. The molecule has 0 aliphatic heterocycles. The maximum absolute atomic E-state index is 9.41. The number of halogens is 1. The Morgan fingerprint density at radius 1 is 1.55 bits per heavy atom. The third kappa shape index (κ3) is 2.73. The van der Waals surface area contributed by atoms with Crippen molar-refractivity contribution in [3.63, 3.8) is 0 Å². The Balaban J connectivity index is 1.94. The van der Waals surface area contributed by atoms with E-state index in [4.69, 9.17) is 0 Å². The first kappa shape index (κ1) is 14.0. The summed E-state index contributed by atoms with van der Waals surface area (Å²) in [5, 5.41) is 12.3. The molecule has 0 aromatic carbocycles. The Hall–Kier alpha value is -0.960. The number of fused-ring (bicyclic) bond motifs is 1. The van der Waals surface area contributed by atoms with Crippen LogP contribution in [0.4, 0.5) is 5.00 Å². The highest BCUT2D eigenvalue weighted by molar-refractivity contribution is 9.10. The monoisotopic (exact) mass is 364 g/mol. The molecule has 1 aliphatic carbocycles. The highest BCUT2D eigenvalue weighted by atomic mass is 79.9. The number of rotatable bonds is 2. The van der Waals surface area contributed by atoms with Crippen LogP contribution < -0.4 is 0 Å². The molecule has 0 fully saturated rings. The second-order valence-electron chi connectivity index (χ2n) is 5.07. The molecular formula is C15H13BrN2S2. The Labute approximate surface area is 134 Å². The van der Waals surface area contributed by atoms with Crippen molar-refractivity contribution in [1.82, 2.24) is 0 Å². The topological polar surface area (TPSA) is 36.1 Å². The number of nitrogens with zero attached hydrogens (tertiary/aromatic N) is 2. The molecule has 0 bridgehead atoms. The van der Waals surface area contributed by atoms with Crippen molar-refractivity contribution in [3.05, 3.63) is 36.8 Å². The lowest BCUT2D eigenvalue weighted by molar-refractivity contribution is 0.507. The zero-order valence-electron chi connectivity index (χ0n) is 11.0. The first-order valence-electron chi connectivity index (χ1n) is 6.50. The molecule has 3 rings (SSSR count). The molecule has 5 heteroatoms. The van der Waals surface area contributed by atoms with Crippen LogP contribution in [0.15, 0.2) is 20.9 Å². The van der Waals surface area contributed by atoms with Gasteiger partial charge in [0.15, 0.2) is 0 Å². The van der Waals surface area contributed by atoms with Gasteiger partial charge in [-0.15, -0.1) is 22.7 Å². The molecule has 0 saturated heterocycles. The maximum Gasteiger partial charge on any atom is 0.134 e.